The highest BCUT2D eigenvalue weighted by Gasteiger charge is 2.57. The normalized spacial score (nSPS) is 44.5. The Morgan fingerprint density at radius 2 is 1.79 bits per heavy atom. The number of nitrogens with one attached hydrogen (secondary N) is 1. The summed E-state index contributed by atoms with van der Waals surface area (Å²) in [5, 5.41) is 3.24. The molecular formula is C15H24N2OS. The van der Waals surface area contributed by atoms with E-state index in [0.29, 0.717) is 16.8 Å². The van der Waals surface area contributed by atoms with Gasteiger partial charge in [0.25, 0.3) is 0 Å². The maximum atomic E-state index is 12.5. The second-order valence-electron chi connectivity index (χ2n) is 6.90. The lowest BCUT2D eigenvalue weighted by atomic mass is 9.77. The molecule has 0 spiro atoms. The molecule has 0 saturated heterocycles. The van der Waals surface area contributed by atoms with Gasteiger partial charge in [-0.1, -0.05) is 25.6 Å². The highest BCUT2D eigenvalue weighted by Crippen LogP contribution is 2.57. The molecule has 3 rings (SSSR count). The van der Waals surface area contributed by atoms with Gasteiger partial charge in [-0.15, -0.1) is 0 Å². The van der Waals surface area contributed by atoms with Gasteiger partial charge in [-0.05, 0) is 56.3 Å². The number of carbonyl (C=O) groups excluding carboxylic acids is 1. The van der Waals surface area contributed by atoms with Crippen LogP contribution in [0.3, 0.4) is 0 Å². The summed E-state index contributed by atoms with van der Waals surface area (Å²) in [7, 11) is 0. The zero-order valence-corrected chi connectivity index (χ0v) is 12.5. The van der Waals surface area contributed by atoms with Crippen LogP contribution in [-0.2, 0) is 4.79 Å². The number of hydrogen-bond acceptors (Lipinski definition) is 2. The number of amides is 1. The van der Waals surface area contributed by atoms with E-state index in [1.54, 1.807) is 0 Å². The molecule has 0 bridgehead atoms. The molecule has 4 heteroatoms. The Morgan fingerprint density at radius 1 is 1.21 bits per heavy atom. The largest absolute Gasteiger partial charge is 0.391 e. The molecule has 0 aliphatic heterocycles. The van der Waals surface area contributed by atoms with E-state index < -0.39 is 5.54 Å². The summed E-state index contributed by atoms with van der Waals surface area (Å²) in [5.41, 5.74) is 5.56. The molecule has 3 saturated carbocycles. The van der Waals surface area contributed by atoms with Crippen molar-refractivity contribution < 1.29 is 4.79 Å². The SMILES string of the molecule is CC1CCC(NC(=O)C2C3CCCC32)(C(N)=S)CC1. The first-order valence-corrected chi connectivity index (χ1v) is 8.06. The fraction of sp³-hybridized carbons (Fsp3) is 0.867. The Balaban J connectivity index is 1.65. The van der Waals surface area contributed by atoms with Crippen molar-refractivity contribution in [1.82, 2.24) is 5.32 Å². The van der Waals surface area contributed by atoms with Gasteiger partial charge in [0, 0.05) is 5.92 Å². The van der Waals surface area contributed by atoms with E-state index in [4.69, 9.17) is 18.0 Å². The summed E-state index contributed by atoms with van der Waals surface area (Å²) in [4.78, 5) is 12.9. The molecular weight excluding hydrogens is 256 g/mol. The van der Waals surface area contributed by atoms with Crippen LogP contribution in [0.15, 0.2) is 0 Å². The van der Waals surface area contributed by atoms with Crippen molar-refractivity contribution in [2.24, 2.45) is 29.4 Å². The van der Waals surface area contributed by atoms with Crippen LogP contribution >= 0.6 is 12.2 Å². The minimum absolute atomic E-state index is 0.219. The van der Waals surface area contributed by atoms with Crippen molar-refractivity contribution in [3.05, 3.63) is 0 Å². The van der Waals surface area contributed by atoms with Crippen molar-refractivity contribution in [3.8, 4) is 0 Å². The van der Waals surface area contributed by atoms with Crippen molar-refractivity contribution in [1.29, 1.82) is 0 Å². The maximum absolute atomic E-state index is 12.5. The monoisotopic (exact) mass is 280 g/mol. The molecule has 0 aromatic heterocycles. The Labute approximate surface area is 120 Å². The van der Waals surface area contributed by atoms with Gasteiger partial charge >= 0.3 is 0 Å². The molecule has 3 fully saturated rings. The number of hydrogen-bond donors (Lipinski definition) is 2. The zero-order chi connectivity index (χ0) is 13.6. The molecule has 3 aliphatic rings. The molecule has 3 N–H and O–H groups in total. The highest BCUT2D eigenvalue weighted by atomic mass is 32.1. The Bertz CT molecular complexity index is 391. The summed E-state index contributed by atoms with van der Waals surface area (Å²) >= 11 is 5.26. The smallest absolute Gasteiger partial charge is 0.224 e. The highest BCUT2D eigenvalue weighted by molar-refractivity contribution is 7.80. The van der Waals surface area contributed by atoms with E-state index in [-0.39, 0.29) is 11.8 Å². The molecule has 3 aliphatic carbocycles. The first-order valence-electron chi connectivity index (χ1n) is 7.65. The van der Waals surface area contributed by atoms with Gasteiger partial charge in [-0.25, -0.2) is 0 Å². The third-order valence-electron chi connectivity index (χ3n) is 5.67. The number of rotatable bonds is 3. The Kier molecular flexibility index (Phi) is 3.32. The van der Waals surface area contributed by atoms with Crippen LogP contribution in [0.4, 0.5) is 0 Å². The third-order valence-corrected chi connectivity index (χ3v) is 6.06. The van der Waals surface area contributed by atoms with Gasteiger partial charge < -0.3 is 11.1 Å². The first kappa shape index (κ1) is 13.3. The number of thiocarbonyl (C=S) groups is 1. The molecule has 2 unspecified atom stereocenters. The van der Waals surface area contributed by atoms with Crippen LogP contribution in [0.25, 0.3) is 0 Å². The standard InChI is InChI=1S/C15H24N2OS/c1-9-5-7-15(8-6-9,14(16)19)17-13(18)12-10-3-2-4-11(10)12/h9-12H,2-8H2,1H3,(H2,16,19)(H,17,18). The van der Waals surface area contributed by atoms with Gasteiger partial charge in [0.2, 0.25) is 5.91 Å². The Hall–Kier alpha value is -0.640. The van der Waals surface area contributed by atoms with Gasteiger partial charge in [0.05, 0.1) is 10.5 Å². The van der Waals surface area contributed by atoms with Crippen LogP contribution in [-0.4, -0.2) is 16.4 Å². The summed E-state index contributed by atoms with van der Waals surface area (Å²) in [5.74, 6) is 2.52. The molecule has 0 heterocycles. The lowest BCUT2D eigenvalue weighted by molar-refractivity contribution is -0.124. The number of carbonyl (C=O) groups is 1. The quantitative estimate of drug-likeness (QED) is 0.780. The molecule has 2 atom stereocenters. The summed E-state index contributed by atoms with van der Waals surface area (Å²) in [6, 6.07) is 0. The van der Waals surface area contributed by atoms with Crippen LogP contribution in [0.5, 0.6) is 0 Å². The maximum Gasteiger partial charge on any atom is 0.224 e. The molecule has 0 aromatic rings. The molecule has 3 nitrogen and oxygen atoms in total. The average Bonchev–Trinajstić information content (AvgIpc) is 2.86. The minimum Gasteiger partial charge on any atom is -0.391 e. The number of nitrogens with two attached hydrogens (primary N) is 1. The van der Waals surface area contributed by atoms with E-state index in [9.17, 15) is 4.79 Å². The van der Waals surface area contributed by atoms with Gasteiger partial charge in [-0.3, -0.25) is 4.79 Å². The van der Waals surface area contributed by atoms with Crippen molar-refractivity contribution in [2.45, 2.75) is 57.4 Å². The van der Waals surface area contributed by atoms with Crippen molar-refractivity contribution in [2.75, 3.05) is 0 Å². The molecule has 19 heavy (non-hydrogen) atoms. The van der Waals surface area contributed by atoms with Gasteiger partial charge in [0.15, 0.2) is 0 Å². The Morgan fingerprint density at radius 3 is 2.32 bits per heavy atom. The van der Waals surface area contributed by atoms with Crippen LogP contribution in [0.1, 0.15) is 51.9 Å². The zero-order valence-electron chi connectivity index (χ0n) is 11.7. The summed E-state index contributed by atoms with van der Waals surface area (Å²) < 4.78 is 0. The van der Waals surface area contributed by atoms with Crippen LogP contribution < -0.4 is 11.1 Å². The van der Waals surface area contributed by atoms with Crippen LogP contribution in [0.2, 0.25) is 0 Å². The van der Waals surface area contributed by atoms with Crippen molar-refractivity contribution >= 4 is 23.1 Å². The molecule has 1 amide bonds. The van der Waals surface area contributed by atoms with E-state index in [1.807, 2.05) is 0 Å². The fourth-order valence-electron chi connectivity index (χ4n) is 4.22. The van der Waals surface area contributed by atoms with E-state index >= 15 is 0 Å². The second-order valence-corrected chi connectivity index (χ2v) is 7.34. The summed E-state index contributed by atoms with van der Waals surface area (Å²) in [6.07, 6.45) is 7.82. The van der Waals surface area contributed by atoms with Gasteiger partial charge in [-0.2, -0.15) is 0 Å². The van der Waals surface area contributed by atoms with Crippen molar-refractivity contribution in [3.63, 3.8) is 0 Å². The second kappa shape index (κ2) is 4.72. The number of fused-ring (bicyclic) bond motifs is 1. The fourth-order valence-corrected chi connectivity index (χ4v) is 4.47. The van der Waals surface area contributed by atoms with Gasteiger partial charge in [0.1, 0.15) is 0 Å². The van der Waals surface area contributed by atoms with E-state index in [2.05, 4.69) is 12.2 Å². The summed E-state index contributed by atoms with van der Waals surface area (Å²) in [6.45, 7) is 2.26. The molecule has 106 valence electrons. The molecule has 0 aromatic carbocycles. The van der Waals surface area contributed by atoms with E-state index in [0.717, 1.165) is 31.6 Å². The predicted octanol–water partition coefficient (Wildman–Crippen LogP) is 2.38. The average molecular weight is 280 g/mol. The van der Waals surface area contributed by atoms with Crippen LogP contribution in [0, 0.1) is 23.7 Å². The third kappa shape index (κ3) is 2.28. The minimum atomic E-state index is -0.393. The molecule has 0 radical (unpaired) electrons. The predicted molar refractivity (Wildman–Crippen MR) is 79.6 cm³/mol. The first-order chi connectivity index (χ1) is 9.03. The lowest BCUT2D eigenvalue weighted by Gasteiger charge is -2.39. The topological polar surface area (TPSA) is 55.1 Å². The van der Waals surface area contributed by atoms with E-state index in [1.165, 1.54) is 19.3 Å². The lowest BCUT2D eigenvalue weighted by Crippen LogP contribution is -2.58.